The fourth-order valence-corrected chi connectivity index (χ4v) is 34.7. The van der Waals surface area contributed by atoms with Crippen LogP contribution in [0.4, 0.5) is 4.79 Å². The van der Waals surface area contributed by atoms with Gasteiger partial charge in [0.15, 0.2) is 0 Å². The zero-order valence-electron chi connectivity index (χ0n) is 7.20. The van der Waals surface area contributed by atoms with E-state index < -0.39 is 42.9 Å². The van der Waals surface area contributed by atoms with Gasteiger partial charge in [0.1, 0.15) is 0 Å². The molecule has 0 radical (unpaired) electrons. The van der Waals surface area contributed by atoms with E-state index in [1.165, 1.54) is 21.2 Å². The normalized spacial score (nSPS) is 21.0. The molecule has 0 bridgehead atoms. The van der Waals surface area contributed by atoms with E-state index >= 15 is 0 Å². The van der Waals surface area contributed by atoms with Crippen molar-refractivity contribution in [2.45, 2.75) is 21.2 Å². The van der Waals surface area contributed by atoms with Crippen molar-refractivity contribution in [2.75, 3.05) is 0 Å². The Bertz CT molecular complexity index is 221. The van der Waals surface area contributed by atoms with E-state index in [-0.39, 0.29) is 0 Å². The molecule has 0 aliphatic carbocycles. The molecule has 0 N–H and O–H groups in total. The maximum atomic E-state index is 11.9. The van der Waals surface area contributed by atoms with Crippen LogP contribution in [-0.2, 0) is 0 Å². The van der Waals surface area contributed by atoms with Gasteiger partial charge in [-0.2, -0.15) is 0 Å². The van der Waals surface area contributed by atoms with Crippen LogP contribution in [0.2, 0.25) is 8.35 Å². The van der Waals surface area contributed by atoms with Crippen molar-refractivity contribution in [2.24, 2.45) is 0 Å². The molecule has 0 aromatic heterocycles. The minimum atomic E-state index is -1.69. The molecule has 1 nitrogen and oxygen atoms in total. The van der Waals surface area contributed by atoms with E-state index in [1.807, 2.05) is 0 Å². The van der Waals surface area contributed by atoms with Gasteiger partial charge in [0.2, 0.25) is 0 Å². The number of hydrogen-bond donors (Lipinski definition) is 0. The van der Waals surface area contributed by atoms with E-state index in [4.69, 9.17) is 0 Å². The van der Waals surface area contributed by atoms with Crippen molar-refractivity contribution < 1.29 is 4.79 Å². The number of allylic oxidation sites excluding steroid dienone is 2. The van der Waals surface area contributed by atoms with Crippen molar-refractivity contribution in [1.82, 2.24) is 0 Å². The maximum absolute atomic E-state index is 11.9. The first-order chi connectivity index (χ1) is 5.88. The Hall–Kier alpha value is 0.890. The minimum absolute atomic E-state index is 0.862. The molecule has 0 spiro atoms. The third kappa shape index (κ3) is 2.03. The number of rotatable bonds is 2. The molecule has 0 saturated heterocycles. The molecule has 12 heavy (non-hydrogen) atoms. The van der Waals surface area contributed by atoms with E-state index in [9.17, 15) is 4.79 Å². The summed E-state index contributed by atoms with van der Waals surface area (Å²) in [4.78, 5) is 11.9. The molecule has 0 saturated carbocycles. The van der Waals surface area contributed by atoms with Crippen LogP contribution in [0, 0.1) is 0 Å². The topological polar surface area (TPSA) is 17.1 Å². The molecule has 0 aromatic rings. The molecule has 60 valence electrons. The molecule has 0 aromatic carbocycles. The van der Waals surface area contributed by atoms with Crippen LogP contribution in [0.1, 0.15) is 12.8 Å². The molecule has 0 fully saturated rings. The molecule has 0 amide bonds. The predicted octanol–water partition coefficient (Wildman–Crippen LogP) is 2.26. The van der Waals surface area contributed by atoms with Crippen molar-refractivity contribution in [3.05, 3.63) is 19.8 Å². The fraction of sp³-hybridized carbons (Fsp3) is 0.444. The second-order valence-corrected chi connectivity index (χ2v) is 24.7. The summed E-state index contributed by atoms with van der Waals surface area (Å²) in [6.07, 6.45) is 6.94. The Morgan fingerprint density at radius 3 is 1.83 bits per heavy atom. The van der Waals surface area contributed by atoms with E-state index in [0.717, 1.165) is 1.30 Å². The zero-order chi connectivity index (χ0) is 8.39. The molecule has 2 rings (SSSR count). The van der Waals surface area contributed by atoms with Crippen molar-refractivity contribution in [3.8, 4) is 0 Å². The van der Waals surface area contributed by atoms with E-state index in [2.05, 4.69) is 19.8 Å². The average molecular weight is 366 g/mol. The average Bonchev–Trinajstić information content (AvgIpc) is 2.77. The first-order valence-corrected chi connectivity index (χ1v) is 16.5. The van der Waals surface area contributed by atoms with Crippen LogP contribution in [0.25, 0.3) is 0 Å². The summed E-state index contributed by atoms with van der Waals surface area (Å²) in [7, 11) is 0. The Balaban J connectivity index is 1.99. The quantitative estimate of drug-likeness (QED) is 0.733. The van der Waals surface area contributed by atoms with Crippen LogP contribution < -0.4 is 0 Å². The number of carbonyl (C=O) groups excluding carboxylic acids is 1. The predicted molar refractivity (Wildman–Crippen MR) is 54.0 cm³/mol. The van der Waals surface area contributed by atoms with Crippen LogP contribution in [0.5, 0.6) is 0 Å². The van der Waals surface area contributed by atoms with Gasteiger partial charge >= 0.3 is 90.0 Å². The fourth-order valence-electron chi connectivity index (χ4n) is 2.01. The standard InChI is InChI=1S/2C4H6.CO.2In/c2*1-3-4-2;1-2;;/h2*1,3H,2,4H2;;;. The molecular formula is C9H12In2O. The third-order valence-electron chi connectivity index (χ3n) is 2.76. The van der Waals surface area contributed by atoms with Gasteiger partial charge in [0.05, 0.1) is 0 Å². The Morgan fingerprint density at radius 2 is 1.50 bits per heavy atom. The molecule has 2 heterocycles. The summed E-state index contributed by atoms with van der Waals surface area (Å²) in [5.41, 5.74) is 0. The van der Waals surface area contributed by atoms with Gasteiger partial charge in [-0.1, -0.05) is 0 Å². The zero-order valence-corrected chi connectivity index (χ0v) is 13.8. The van der Waals surface area contributed by atoms with Crippen LogP contribution in [0.3, 0.4) is 0 Å². The summed E-state index contributed by atoms with van der Waals surface area (Å²) in [6.45, 7) is 0. The summed E-state index contributed by atoms with van der Waals surface area (Å²) >= 11 is -3.38. The molecule has 2 aliphatic heterocycles. The molecule has 3 heteroatoms. The van der Waals surface area contributed by atoms with Gasteiger partial charge in [-0.05, 0) is 0 Å². The van der Waals surface area contributed by atoms with Crippen molar-refractivity contribution >= 4 is 44.2 Å². The van der Waals surface area contributed by atoms with Gasteiger partial charge in [0, 0.05) is 0 Å². The Morgan fingerprint density at radius 1 is 1.00 bits per heavy atom. The van der Waals surface area contributed by atoms with Gasteiger partial charge in [-0.3, -0.25) is 0 Å². The van der Waals surface area contributed by atoms with Gasteiger partial charge in [0.25, 0.3) is 0 Å². The van der Waals surface area contributed by atoms with Crippen LogP contribution in [-0.4, -0.2) is 44.2 Å². The Labute approximate surface area is 89.0 Å². The second kappa shape index (κ2) is 4.41. The SMILES string of the molecule is O=[C]([In]1[CH]=CC[CH2]1)[In]1[CH]=CC[CH2]1. The summed E-state index contributed by atoms with van der Waals surface area (Å²) in [5, 5.41) is 0. The van der Waals surface area contributed by atoms with Gasteiger partial charge in [-0.15, -0.1) is 0 Å². The third-order valence-corrected chi connectivity index (χ3v) is 33.0. The first kappa shape index (κ1) is 9.45. The van der Waals surface area contributed by atoms with Crippen LogP contribution >= 0.6 is 0 Å². The van der Waals surface area contributed by atoms with Crippen molar-refractivity contribution in [3.63, 3.8) is 0 Å². The molecule has 2 aliphatic rings. The van der Waals surface area contributed by atoms with Gasteiger partial charge in [-0.25, -0.2) is 0 Å². The first-order valence-electron chi connectivity index (χ1n) is 4.75. The van der Waals surface area contributed by atoms with Gasteiger partial charge < -0.3 is 0 Å². The second-order valence-electron chi connectivity index (χ2n) is 3.63. The summed E-state index contributed by atoms with van der Waals surface area (Å²) < 4.78 is 8.16. The molecule has 0 atom stereocenters. The van der Waals surface area contributed by atoms with Crippen LogP contribution in [0.15, 0.2) is 19.8 Å². The monoisotopic (exact) mass is 366 g/mol. The number of carbonyl (C=O) groups is 1. The van der Waals surface area contributed by atoms with E-state index in [1.54, 1.807) is 0 Å². The molecular weight excluding hydrogens is 354 g/mol. The Kier molecular flexibility index (Phi) is 3.47. The number of hydrogen-bond acceptors (Lipinski definition) is 1. The van der Waals surface area contributed by atoms with E-state index in [0.29, 0.717) is 0 Å². The summed E-state index contributed by atoms with van der Waals surface area (Å²) in [5.74, 6) is 0. The summed E-state index contributed by atoms with van der Waals surface area (Å²) in [6, 6.07) is 0. The van der Waals surface area contributed by atoms with Crippen molar-refractivity contribution in [1.29, 1.82) is 0 Å². The molecule has 0 unspecified atom stereocenters.